The molecule has 3 heteroatoms. The Morgan fingerprint density at radius 2 is 1.79 bits per heavy atom. The number of benzene rings is 2. The molecule has 2 aromatic rings. The standard InChI is InChI=1S/C16H18BrNO/c1-11-10-14(8-9-15(11)17)19-16(12(2)18)13-6-4-3-5-7-13/h3-10,12,16H,18H2,1-2H3. The van der Waals surface area contributed by atoms with Crippen molar-refractivity contribution in [3.63, 3.8) is 0 Å². The van der Waals surface area contributed by atoms with Crippen LogP contribution in [-0.4, -0.2) is 6.04 Å². The van der Waals surface area contributed by atoms with Crippen LogP contribution in [0, 0.1) is 6.92 Å². The first-order valence-electron chi connectivity index (χ1n) is 6.31. The molecule has 0 bridgehead atoms. The Balaban J connectivity index is 2.24. The highest BCUT2D eigenvalue weighted by Gasteiger charge is 2.18. The average molecular weight is 320 g/mol. The van der Waals surface area contributed by atoms with E-state index in [9.17, 15) is 0 Å². The van der Waals surface area contributed by atoms with Gasteiger partial charge in [0.05, 0.1) is 0 Å². The van der Waals surface area contributed by atoms with Gasteiger partial charge in [-0.25, -0.2) is 0 Å². The fourth-order valence-corrected chi connectivity index (χ4v) is 2.21. The van der Waals surface area contributed by atoms with Gasteiger partial charge in [-0.05, 0) is 43.2 Å². The lowest BCUT2D eigenvalue weighted by Crippen LogP contribution is -2.29. The Hall–Kier alpha value is -1.32. The summed E-state index contributed by atoms with van der Waals surface area (Å²) in [4.78, 5) is 0. The van der Waals surface area contributed by atoms with E-state index >= 15 is 0 Å². The van der Waals surface area contributed by atoms with Crippen molar-refractivity contribution in [1.29, 1.82) is 0 Å². The van der Waals surface area contributed by atoms with Crippen molar-refractivity contribution in [2.45, 2.75) is 26.0 Å². The molecule has 2 N–H and O–H groups in total. The topological polar surface area (TPSA) is 35.2 Å². The molecular formula is C16H18BrNO. The van der Waals surface area contributed by atoms with Gasteiger partial charge in [0.2, 0.25) is 0 Å². The van der Waals surface area contributed by atoms with Crippen molar-refractivity contribution in [2.75, 3.05) is 0 Å². The smallest absolute Gasteiger partial charge is 0.138 e. The van der Waals surface area contributed by atoms with Crippen molar-refractivity contribution < 1.29 is 4.74 Å². The summed E-state index contributed by atoms with van der Waals surface area (Å²) in [5, 5.41) is 0. The van der Waals surface area contributed by atoms with Crippen LogP contribution >= 0.6 is 15.9 Å². The Morgan fingerprint density at radius 3 is 2.37 bits per heavy atom. The van der Waals surface area contributed by atoms with Crippen LogP contribution in [0.5, 0.6) is 5.75 Å². The van der Waals surface area contributed by atoms with Crippen molar-refractivity contribution in [2.24, 2.45) is 5.73 Å². The number of nitrogens with two attached hydrogens (primary N) is 1. The molecule has 0 fully saturated rings. The molecule has 2 nitrogen and oxygen atoms in total. The lowest BCUT2D eigenvalue weighted by molar-refractivity contribution is 0.180. The number of hydrogen-bond donors (Lipinski definition) is 1. The summed E-state index contributed by atoms with van der Waals surface area (Å²) in [5.74, 6) is 0.840. The Morgan fingerprint density at radius 1 is 1.11 bits per heavy atom. The zero-order valence-electron chi connectivity index (χ0n) is 11.1. The van der Waals surface area contributed by atoms with Crippen LogP contribution in [0.1, 0.15) is 24.2 Å². The van der Waals surface area contributed by atoms with Gasteiger partial charge in [-0.2, -0.15) is 0 Å². The molecule has 0 aromatic heterocycles. The van der Waals surface area contributed by atoms with E-state index in [0.717, 1.165) is 21.3 Å². The molecule has 19 heavy (non-hydrogen) atoms. The monoisotopic (exact) mass is 319 g/mol. The second-order valence-corrected chi connectivity index (χ2v) is 5.57. The van der Waals surface area contributed by atoms with Crippen molar-refractivity contribution in [3.05, 3.63) is 64.1 Å². The highest BCUT2D eigenvalue weighted by molar-refractivity contribution is 9.10. The molecule has 0 aliphatic heterocycles. The van der Waals surface area contributed by atoms with Gasteiger partial charge in [0.1, 0.15) is 11.9 Å². The van der Waals surface area contributed by atoms with E-state index in [1.807, 2.05) is 62.4 Å². The summed E-state index contributed by atoms with van der Waals surface area (Å²) in [7, 11) is 0. The first-order valence-corrected chi connectivity index (χ1v) is 7.10. The molecule has 100 valence electrons. The predicted molar refractivity (Wildman–Crippen MR) is 82.3 cm³/mol. The SMILES string of the molecule is Cc1cc(OC(c2ccccc2)C(C)N)ccc1Br. The second kappa shape index (κ2) is 6.22. The number of rotatable bonds is 4. The minimum Gasteiger partial charge on any atom is -0.484 e. The summed E-state index contributed by atoms with van der Waals surface area (Å²) in [6.45, 7) is 4.00. The molecule has 0 aliphatic carbocycles. The van der Waals surface area contributed by atoms with E-state index in [0.29, 0.717) is 0 Å². The molecule has 2 atom stereocenters. The average Bonchev–Trinajstić information content (AvgIpc) is 2.40. The Bertz CT molecular complexity index is 540. The van der Waals surface area contributed by atoms with E-state index < -0.39 is 0 Å². The minimum absolute atomic E-state index is 0.0775. The quantitative estimate of drug-likeness (QED) is 0.915. The molecule has 0 spiro atoms. The maximum absolute atomic E-state index is 6.05. The zero-order chi connectivity index (χ0) is 13.8. The summed E-state index contributed by atoms with van der Waals surface area (Å²) in [6, 6.07) is 16.0. The van der Waals surface area contributed by atoms with E-state index in [-0.39, 0.29) is 12.1 Å². The number of aryl methyl sites for hydroxylation is 1. The molecule has 2 rings (SSSR count). The molecule has 2 aromatic carbocycles. The molecular weight excluding hydrogens is 302 g/mol. The summed E-state index contributed by atoms with van der Waals surface area (Å²) in [5.41, 5.74) is 8.29. The van der Waals surface area contributed by atoms with E-state index in [2.05, 4.69) is 15.9 Å². The maximum atomic E-state index is 6.05. The van der Waals surface area contributed by atoms with Crippen LogP contribution in [0.2, 0.25) is 0 Å². The van der Waals surface area contributed by atoms with Gasteiger partial charge < -0.3 is 10.5 Å². The third kappa shape index (κ3) is 3.58. The van der Waals surface area contributed by atoms with E-state index in [1.54, 1.807) is 0 Å². The highest BCUT2D eigenvalue weighted by atomic mass is 79.9. The van der Waals surface area contributed by atoms with Gasteiger partial charge in [0.25, 0.3) is 0 Å². The molecule has 2 unspecified atom stereocenters. The second-order valence-electron chi connectivity index (χ2n) is 4.72. The predicted octanol–water partition coefficient (Wildman–Crippen LogP) is 4.22. The molecule has 0 saturated heterocycles. The van der Waals surface area contributed by atoms with Gasteiger partial charge in [-0.1, -0.05) is 46.3 Å². The van der Waals surface area contributed by atoms with Crippen LogP contribution in [0.25, 0.3) is 0 Å². The zero-order valence-corrected chi connectivity index (χ0v) is 12.7. The van der Waals surface area contributed by atoms with E-state index in [1.165, 1.54) is 0 Å². The largest absolute Gasteiger partial charge is 0.484 e. The fraction of sp³-hybridized carbons (Fsp3) is 0.250. The highest BCUT2D eigenvalue weighted by Crippen LogP contribution is 2.27. The molecule has 0 aliphatic rings. The molecule has 0 radical (unpaired) electrons. The number of ether oxygens (including phenoxy) is 1. The first-order chi connectivity index (χ1) is 9.08. The lowest BCUT2D eigenvalue weighted by atomic mass is 10.0. The van der Waals surface area contributed by atoms with Crippen LogP contribution < -0.4 is 10.5 Å². The normalized spacial score (nSPS) is 13.9. The Labute approximate surface area is 122 Å². The molecule has 0 heterocycles. The van der Waals surface area contributed by atoms with Crippen molar-refractivity contribution >= 4 is 15.9 Å². The van der Waals surface area contributed by atoms with Crippen molar-refractivity contribution in [3.8, 4) is 5.75 Å². The Kier molecular flexibility index (Phi) is 4.61. The van der Waals surface area contributed by atoms with E-state index in [4.69, 9.17) is 10.5 Å². The first kappa shape index (κ1) is 14.1. The summed E-state index contributed by atoms with van der Waals surface area (Å²) >= 11 is 3.49. The fourth-order valence-electron chi connectivity index (χ4n) is 1.96. The van der Waals surface area contributed by atoms with Crippen LogP contribution in [0.15, 0.2) is 53.0 Å². The van der Waals surface area contributed by atoms with Gasteiger partial charge in [-0.15, -0.1) is 0 Å². The third-order valence-electron chi connectivity index (χ3n) is 3.00. The van der Waals surface area contributed by atoms with Gasteiger partial charge >= 0.3 is 0 Å². The van der Waals surface area contributed by atoms with Crippen molar-refractivity contribution in [1.82, 2.24) is 0 Å². The molecule has 0 amide bonds. The maximum Gasteiger partial charge on any atom is 0.138 e. The van der Waals surface area contributed by atoms with Crippen LogP contribution in [0.3, 0.4) is 0 Å². The molecule has 0 saturated carbocycles. The van der Waals surface area contributed by atoms with Crippen LogP contribution in [0.4, 0.5) is 0 Å². The third-order valence-corrected chi connectivity index (χ3v) is 3.89. The van der Waals surface area contributed by atoms with Gasteiger partial charge in [0, 0.05) is 10.5 Å². The summed E-state index contributed by atoms with van der Waals surface area (Å²) < 4.78 is 7.13. The number of halogens is 1. The number of hydrogen-bond acceptors (Lipinski definition) is 2. The van der Waals surface area contributed by atoms with Gasteiger partial charge in [0.15, 0.2) is 0 Å². The minimum atomic E-state index is -0.137. The summed E-state index contributed by atoms with van der Waals surface area (Å²) in [6.07, 6.45) is -0.137. The van der Waals surface area contributed by atoms with Gasteiger partial charge in [-0.3, -0.25) is 0 Å². The lowest BCUT2D eigenvalue weighted by Gasteiger charge is -2.23. The van der Waals surface area contributed by atoms with Crippen LogP contribution in [-0.2, 0) is 0 Å².